The highest BCUT2D eigenvalue weighted by molar-refractivity contribution is 7.15. The van der Waals surface area contributed by atoms with Gasteiger partial charge in [0.2, 0.25) is 5.91 Å². The van der Waals surface area contributed by atoms with Gasteiger partial charge in [-0.05, 0) is 83.9 Å². The number of carboxylic acid groups (broad SMARTS) is 1. The first kappa shape index (κ1) is 38.7. The van der Waals surface area contributed by atoms with Crippen LogP contribution in [-0.2, 0) is 9.53 Å². The van der Waals surface area contributed by atoms with Crippen LogP contribution in [0.1, 0.15) is 99.2 Å². The van der Waals surface area contributed by atoms with Crippen LogP contribution in [0.25, 0.3) is 5.00 Å². The number of nitrogens with zero attached hydrogens (tertiary/aromatic N) is 4. The highest BCUT2D eigenvalue weighted by atomic mass is 35.5. The standard InChI is InChI=1S/C38H40ClN7O6S/c1-21-22(2)53-35-31(21)32(24-10-13-27(39)14-11-24)43-29(33-45-44-23(3)46(33)35)20-30(47)40-17-8-18-41-34(48)26-12-15-28(36(49)50)25(19-26)9-7-16-42-37(51)52-38(4,5)6/h10-15,19,29H,8,16-18,20H2,1-6H3,(H,40,47)(H,41,48)(H,42,51)(H,49,50)/t29-/m0/s1. The molecule has 1 atom stereocenters. The SMILES string of the molecule is Cc1sc2c(c1C)C(c1ccc(Cl)cc1)=N[C@@H](CC(=O)NCCCNC(=O)c1ccc(C(=O)O)c(C#CCNC(=O)OC(C)(C)C)c1)c1nnc(C)n1-2. The van der Waals surface area contributed by atoms with Gasteiger partial charge in [0.05, 0.1) is 24.2 Å². The number of aromatic nitrogens is 3. The van der Waals surface area contributed by atoms with Crippen LogP contribution in [0.4, 0.5) is 4.79 Å². The Morgan fingerprint density at radius 1 is 1.00 bits per heavy atom. The predicted molar refractivity (Wildman–Crippen MR) is 202 cm³/mol. The highest BCUT2D eigenvalue weighted by Crippen LogP contribution is 2.39. The minimum atomic E-state index is -1.20. The van der Waals surface area contributed by atoms with E-state index in [0.29, 0.717) is 23.1 Å². The zero-order valence-corrected chi connectivity index (χ0v) is 31.8. The fourth-order valence-electron chi connectivity index (χ4n) is 5.55. The molecule has 3 amide bonds. The summed E-state index contributed by atoms with van der Waals surface area (Å²) in [6, 6.07) is 11.0. The monoisotopic (exact) mass is 757 g/mol. The molecule has 2 aromatic carbocycles. The molecule has 4 N–H and O–H groups in total. The molecular formula is C38H40ClN7O6S. The van der Waals surface area contributed by atoms with Crippen LogP contribution in [0.3, 0.4) is 0 Å². The van der Waals surface area contributed by atoms with Gasteiger partial charge < -0.3 is 25.8 Å². The van der Waals surface area contributed by atoms with Gasteiger partial charge in [0.15, 0.2) is 5.82 Å². The predicted octanol–water partition coefficient (Wildman–Crippen LogP) is 5.70. The van der Waals surface area contributed by atoms with Gasteiger partial charge in [-0.15, -0.1) is 21.5 Å². The number of nitrogens with one attached hydrogen (secondary N) is 3. The third-order valence-electron chi connectivity index (χ3n) is 8.15. The lowest BCUT2D eigenvalue weighted by molar-refractivity contribution is -0.121. The van der Waals surface area contributed by atoms with Gasteiger partial charge in [-0.25, -0.2) is 9.59 Å². The average Bonchev–Trinajstić information content (AvgIpc) is 3.57. The average molecular weight is 758 g/mol. The minimum absolute atomic E-state index is 0.0294. The number of thiophene rings is 1. The highest BCUT2D eigenvalue weighted by Gasteiger charge is 2.32. The lowest BCUT2D eigenvalue weighted by Crippen LogP contribution is -2.32. The van der Waals surface area contributed by atoms with Crippen LogP contribution in [0.15, 0.2) is 47.5 Å². The summed E-state index contributed by atoms with van der Waals surface area (Å²) in [5.41, 5.74) is 3.28. The van der Waals surface area contributed by atoms with E-state index in [0.717, 1.165) is 32.3 Å². The van der Waals surface area contributed by atoms with Crippen LogP contribution in [-0.4, -0.2) is 74.7 Å². The van der Waals surface area contributed by atoms with E-state index in [1.165, 1.54) is 18.2 Å². The molecule has 276 valence electrons. The van der Waals surface area contributed by atoms with Gasteiger partial charge in [-0.2, -0.15) is 0 Å². The van der Waals surface area contributed by atoms with Crippen LogP contribution in [0, 0.1) is 32.6 Å². The van der Waals surface area contributed by atoms with Gasteiger partial charge in [0.25, 0.3) is 5.91 Å². The molecule has 0 saturated carbocycles. The smallest absolute Gasteiger partial charge is 0.408 e. The van der Waals surface area contributed by atoms with E-state index < -0.39 is 29.6 Å². The van der Waals surface area contributed by atoms with Crippen molar-refractivity contribution in [2.45, 2.75) is 66.0 Å². The number of aliphatic imine (C=N–C) groups is 1. The molecule has 5 rings (SSSR count). The molecule has 0 spiro atoms. The van der Waals surface area contributed by atoms with E-state index in [9.17, 15) is 24.3 Å². The summed E-state index contributed by atoms with van der Waals surface area (Å²) in [5, 5.41) is 28.1. The quantitative estimate of drug-likeness (QED) is 0.118. The molecule has 0 aliphatic carbocycles. The van der Waals surface area contributed by atoms with E-state index in [1.807, 2.05) is 35.8 Å². The van der Waals surface area contributed by atoms with E-state index >= 15 is 0 Å². The first-order chi connectivity index (χ1) is 25.1. The molecule has 53 heavy (non-hydrogen) atoms. The van der Waals surface area contributed by atoms with Gasteiger partial charge in [-0.1, -0.05) is 35.6 Å². The van der Waals surface area contributed by atoms with Crippen molar-refractivity contribution in [2.75, 3.05) is 19.6 Å². The largest absolute Gasteiger partial charge is 0.478 e. The van der Waals surface area contributed by atoms with Crippen molar-refractivity contribution in [1.29, 1.82) is 0 Å². The van der Waals surface area contributed by atoms with Crippen LogP contribution in [0.5, 0.6) is 0 Å². The number of halogens is 1. The number of carboxylic acids is 1. The summed E-state index contributed by atoms with van der Waals surface area (Å²) in [4.78, 5) is 56.1. The molecule has 1 aliphatic heterocycles. The van der Waals surface area contributed by atoms with Gasteiger partial charge >= 0.3 is 12.1 Å². The van der Waals surface area contributed by atoms with E-state index in [-0.39, 0.29) is 48.7 Å². The van der Waals surface area contributed by atoms with Crippen LogP contribution in [0.2, 0.25) is 5.02 Å². The Balaban J connectivity index is 1.20. The van der Waals surface area contributed by atoms with Crippen molar-refractivity contribution in [3.05, 3.63) is 97.4 Å². The molecule has 0 saturated heterocycles. The molecule has 0 fully saturated rings. The number of ether oxygens (including phenoxy) is 1. The molecule has 3 heterocycles. The van der Waals surface area contributed by atoms with Gasteiger partial charge in [0.1, 0.15) is 22.5 Å². The van der Waals surface area contributed by atoms with E-state index in [4.69, 9.17) is 21.3 Å². The topological polar surface area (TPSA) is 177 Å². The minimum Gasteiger partial charge on any atom is -0.478 e. The molecule has 15 heteroatoms. The molecule has 0 bridgehead atoms. The third-order valence-corrected chi connectivity index (χ3v) is 9.60. The Hall–Kier alpha value is -5.52. The van der Waals surface area contributed by atoms with Crippen molar-refractivity contribution in [1.82, 2.24) is 30.7 Å². The summed E-state index contributed by atoms with van der Waals surface area (Å²) >= 11 is 7.84. The summed E-state index contributed by atoms with van der Waals surface area (Å²) in [7, 11) is 0. The van der Waals surface area contributed by atoms with Crippen molar-refractivity contribution in [3.63, 3.8) is 0 Å². The second-order valence-corrected chi connectivity index (χ2v) is 14.9. The Morgan fingerprint density at radius 2 is 1.72 bits per heavy atom. The molecule has 0 radical (unpaired) electrons. The number of alkyl carbamates (subject to hydrolysis) is 1. The van der Waals surface area contributed by atoms with Crippen molar-refractivity contribution >= 4 is 52.5 Å². The Bertz CT molecular complexity index is 2160. The maximum absolute atomic E-state index is 13.3. The zero-order valence-electron chi connectivity index (χ0n) is 30.2. The second kappa shape index (κ2) is 16.4. The number of aromatic carboxylic acids is 1. The molecular weight excluding hydrogens is 718 g/mol. The van der Waals surface area contributed by atoms with Crippen molar-refractivity contribution in [3.8, 4) is 16.8 Å². The summed E-state index contributed by atoms with van der Waals surface area (Å²) in [6.07, 6.45) is -0.192. The Labute approximate surface area is 316 Å². The number of carbonyl (C=O) groups is 4. The van der Waals surface area contributed by atoms with Crippen molar-refractivity contribution < 1.29 is 29.0 Å². The van der Waals surface area contributed by atoms with Gasteiger partial charge in [0, 0.05) is 45.2 Å². The fraction of sp³-hybridized carbons (Fsp3) is 0.342. The lowest BCUT2D eigenvalue weighted by atomic mass is 9.99. The third kappa shape index (κ3) is 9.48. The number of rotatable bonds is 10. The number of carbonyl (C=O) groups excluding carboxylic acids is 3. The van der Waals surface area contributed by atoms with Crippen molar-refractivity contribution in [2.24, 2.45) is 4.99 Å². The normalized spacial score (nSPS) is 13.3. The molecule has 0 unspecified atom stereocenters. The maximum Gasteiger partial charge on any atom is 0.408 e. The second-order valence-electron chi connectivity index (χ2n) is 13.3. The first-order valence-corrected chi connectivity index (χ1v) is 18.1. The molecule has 2 aromatic heterocycles. The Morgan fingerprint density at radius 3 is 2.42 bits per heavy atom. The van der Waals surface area contributed by atoms with E-state index in [1.54, 1.807) is 32.1 Å². The molecule has 13 nitrogen and oxygen atoms in total. The number of aryl methyl sites for hydroxylation is 2. The molecule has 4 aromatic rings. The number of hydrogen-bond acceptors (Lipinski definition) is 9. The van der Waals surface area contributed by atoms with Gasteiger partial charge in [-0.3, -0.25) is 19.1 Å². The van der Waals surface area contributed by atoms with Crippen LogP contribution >= 0.6 is 22.9 Å². The maximum atomic E-state index is 13.3. The lowest BCUT2D eigenvalue weighted by Gasteiger charge is -2.19. The Kier molecular flexibility index (Phi) is 12.0. The van der Waals surface area contributed by atoms with Crippen LogP contribution < -0.4 is 16.0 Å². The summed E-state index contributed by atoms with van der Waals surface area (Å²) in [6.45, 7) is 11.7. The number of benzene rings is 2. The van der Waals surface area contributed by atoms with E-state index in [2.05, 4.69) is 51.8 Å². The zero-order chi connectivity index (χ0) is 38.4. The summed E-state index contributed by atoms with van der Waals surface area (Å²) < 4.78 is 7.14. The fourth-order valence-corrected chi connectivity index (χ4v) is 6.89. The number of hydrogen-bond donors (Lipinski definition) is 4. The summed E-state index contributed by atoms with van der Waals surface area (Å²) in [5.74, 6) is 4.81. The number of fused-ring (bicyclic) bond motifs is 3. The first-order valence-electron chi connectivity index (χ1n) is 16.9. The number of amides is 3. The molecule has 1 aliphatic rings.